The summed E-state index contributed by atoms with van der Waals surface area (Å²) in [6.07, 6.45) is 0. The average molecular weight is 175 g/mol. The van der Waals surface area contributed by atoms with Gasteiger partial charge in [0.05, 0.1) is 0 Å². The van der Waals surface area contributed by atoms with Crippen LogP contribution in [0.25, 0.3) is 0 Å². The lowest BCUT2D eigenvalue weighted by molar-refractivity contribution is 0.367. The third-order valence-corrected chi connectivity index (χ3v) is 1.68. The standard InChI is InChI=1S/C11H13NO/c1-3-4-7-13-11-6-5-10(12)8-9(11)2/h5-6,8H,7,12H2,1-2H3. The Morgan fingerprint density at radius 3 is 2.85 bits per heavy atom. The predicted molar refractivity (Wildman–Crippen MR) is 54.5 cm³/mol. The van der Waals surface area contributed by atoms with Crippen LogP contribution in [0.3, 0.4) is 0 Å². The van der Waals surface area contributed by atoms with Crippen LogP contribution in [-0.2, 0) is 0 Å². The van der Waals surface area contributed by atoms with Crippen LogP contribution in [0.15, 0.2) is 18.2 Å². The van der Waals surface area contributed by atoms with Crippen LogP contribution in [0.1, 0.15) is 12.5 Å². The number of aryl methyl sites for hydroxylation is 1. The maximum Gasteiger partial charge on any atom is 0.149 e. The highest BCUT2D eigenvalue weighted by atomic mass is 16.5. The van der Waals surface area contributed by atoms with Gasteiger partial charge in [0.2, 0.25) is 0 Å². The molecule has 68 valence electrons. The fraction of sp³-hybridized carbons (Fsp3) is 0.273. The van der Waals surface area contributed by atoms with Gasteiger partial charge in [-0.2, -0.15) is 0 Å². The fourth-order valence-corrected chi connectivity index (χ4v) is 1.02. The van der Waals surface area contributed by atoms with E-state index >= 15 is 0 Å². The molecular formula is C11H13NO. The Morgan fingerprint density at radius 2 is 2.23 bits per heavy atom. The minimum absolute atomic E-state index is 0.432. The van der Waals surface area contributed by atoms with E-state index in [0.29, 0.717) is 6.61 Å². The normalized spacial score (nSPS) is 8.77. The van der Waals surface area contributed by atoms with Gasteiger partial charge in [-0.25, -0.2) is 0 Å². The lowest BCUT2D eigenvalue weighted by atomic mass is 10.2. The maximum atomic E-state index is 5.60. The number of ether oxygens (including phenoxy) is 1. The van der Waals surface area contributed by atoms with Crippen molar-refractivity contribution in [3.63, 3.8) is 0 Å². The highest BCUT2D eigenvalue weighted by Gasteiger charge is 1.97. The minimum atomic E-state index is 0.432. The molecule has 0 aliphatic rings. The maximum absolute atomic E-state index is 5.60. The quantitative estimate of drug-likeness (QED) is 0.551. The Kier molecular flexibility index (Phi) is 3.22. The molecule has 2 heteroatoms. The van der Waals surface area contributed by atoms with E-state index in [9.17, 15) is 0 Å². The zero-order valence-corrected chi connectivity index (χ0v) is 7.92. The predicted octanol–water partition coefficient (Wildman–Crippen LogP) is 1.98. The van der Waals surface area contributed by atoms with Crippen molar-refractivity contribution in [2.75, 3.05) is 12.3 Å². The van der Waals surface area contributed by atoms with Crippen LogP contribution in [0.2, 0.25) is 0 Å². The molecule has 2 N–H and O–H groups in total. The Labute approximate surface area is 78.7 Å². The number of nitrogen functional groups attached to an aromatic ring is 1. The molecule has 0 radical (unpaired) electrons. The van der Waals surface area contributed by atoms with Gasteiger partial charge in [0, 0.05) is 5.69 Å². The number of hydrogen-bond acceptors (Lipinski definition) is 2. The Hall–Kier alpha value is -1.62. The number of anilines is 1. The molecule has 2 nitrogen and oxygen atoms in total. The molecule has 0 bridgehead atoms. The smallest absolute Gasteiger partial charge is 0.149 e. The SMILES string of the molecule is CC#CCOc1ccc(N)cc1C. The molecule has 0 aliphatic heterocycles. The van der Waals surface area contributed by atoms with Crippen LogP contribution in [0.5, 0.6) is 5.75 Å². The molecule has 0 amide bonds. The summed E-state index contributed by atoms with van der Waals surface area (Å²) in [6, 6.07) is 5.57. The second kappa shape index (κ2) is 4.42. The third-order valence-electron chi connectivity index (χ3n) is 1.68. The van der Waals surface area contributed by atoms with E-state index in [-0.39, 0.29) is 0 Å². The van der Waals surface area contributed by atoms with Crippen molar-refractivity contribution in [1.82, 2.24) is 0 Å². The van der Waals surface area contributed by atoms with Crippen LogP contribution in [-0.4, -0.2) is 6.61 Å². The molecule has 0 spiro atoms. The van der Waals surface area contributed by atoms with Gasteiger partial charge in [-0.15, -0.1) is 5.92 Å². The van der Waals surface area contributed by atoms with Gasteiger partial charge >= 0.3 is 0 Å². The fourth-order valence-electron chi connectivity index (χ4n) is 1.02. The first-order valence-corrected chi connectivity index (χ1v) is 4.12. The molecule has 0 fully saturated rings. The molecule has 0 unspecified atom stereocenters. The van der Waals surface area contributed by atoms with E-state index in [4.69, 9.17) is 10.5 Å². The number of nitrogens with two attached hydrogens (primary N) is 1. The highest BCUT2D eigenvalue weighted by molar-refractivity contribution is 5.47. The van der Waals surface area contributed by atoms with Crippen molar-refractivity contribution in [2.45, 2.75) is 13.8 Å². The Morgan fingerprint density at radius 1 is 1.46 bits per heavy atom. The van der Waals surface area contributed by atoms with Gasteiger partial charge in [-0.1, -0.05) is 5.92 Å². The van der Waals surface area contributed by atoms with Gasteiger partial charge in [0.1, 0.15) is 12.4 Å². The van der Waals surface area contributed by atoms with E-state index in [1.807, 2.05) is 25.1 Å². The lowest BCUT2D eigenvalue weighted by Gasteiger charge is -2.06. The zero-order chi connectivity index (χ0) is 9.68. The molecule has 13 heavy (non-hydrogen) atoms. The molecule has 0 saturated carbocycles. The van der Waals surface area contributed by atoms with Crippen molar-refractivity contribution >= 4 is 5.69 Å². The summed E-state index contributed by atoms with van der Waals surface area (Å²) < 4.78 is 5.40. The van der Waals surface area contributed by atoms with Crippen molar-refractivity contribution in [1.29, 1.82) is 0 Å². The minimum Gasteiger partial charge on any atom is -0.481 e. The van der Waals surface area contributed by atoms with Gasteiger partial charge < -0.3 is 10.5 Å². The molecule has 0 saturated heterocycles. The molecule has 1 aromatic rings. The molecule has 0 aliphatic carbocycles. The van der Waals surface area contributed by atoms with Crippen LogP contribution in [0, 0.1) is 18.8 Å². The van der Waals surface area contributed by atoms with Gasteiger partial charge in [-0.3, -0.25) is 0 Å². The third kappa shape index (κ3) is 2.72. The lowest BCUT2D eigenvalue weighted by Crippen LogP contribution is -1.96. The first kappa shape index (κ1) is 9.47. The van der Waals surface area contributed by atoms with E-state index in [2.05, 4.69) is 11.8 Å². The van der Waals surface area contributed by atoms with Gasteiger partial charge in [-0.05, 0) is 37.6 Å². The summed E-state index contributed by atoms with van der Waals surface area (Å²) in [5.74, 6) is 6.45. The number of hydrogen-bond donors (Lipinski definition) is 1. The first-order valence-electron chi connectivity index (χ1n) is 4.12. The Bertz CT molecular complexity index is 347. The summed E-state index contributed by atoms with van der Waals surface area (Å²) in [7, 11) is 0. The summed E-state index contributed by atoms with van der Waals surface area (Å²) in [5.41, 5.74) is 7.39. The van der Waals surface area contributed by atoms with E-state index in [1.54, 1.807) is 6.92 Å². The molecule has 1 aromatic carbocycles. The summed E-state index contributed by atoms with van der Waals surface area (Å²) in [6.45, 7) is 4.19. The largest absolute Gasteiger partial charge is 0.481 e. The van der Waals surface area contributed by atoms with Crippen LogP contribution in [0.4, 0.5) is 5.69 Å². The molecule has 0 heterocycles. The van der Waals surface area contributed by atoms with Crippen LogP contribution >= 0.6 is 0 Å². The van der Waals surface area contributed by atoms with Crippen molar-refractivity contribution in [3.8, 4) is 17.6 Å². The zero-order valence-electron chi connectivity index (χ0n) is 7.92. The number of benzene rings is 1. The average Bonchev–Trinajstić information content (AvgIpc) is 2.09. The highest BCUT2D eigenvalue weighted by Crippen LogP contribution is 2.19. The van der Waals surface area contributed by atoms with Gasteiger partial charge in [0.25, 0.3) is 0 Å². The van der Waals surface area contributed by atoms with E-state index in [0.717, 1.165) is 17.0 Å². The molecule has 1 rings (SSSR count). The molecular weight excluding hydrogens is 162 g/mol. The van der Waals surface area contributed by atoms with Crippen LogP contribution < -0.4 is 10.5 Å². The van der Waals surface area contributed by atoms with Gasteiger partial charge in [0.15, 0.2) is 0 Å². The number of rotatable bonds is 2. The Balaban J connectivity index is 2.70. The van der Waals surface area contributed by atoms with E-state index in [1.165, 1.54) is 0 Å². The first-order chi connectivity index (χ1) is 6.24. The monoisotopic (exact) mass is 175 g/mol. The van der Waals surface area contributed by atoms with E-state index < -0.39 is 0 Å². The molecule has 0 aromatic heterocycles. The molecule has 0 atom stereocenters. The van der Waals surface area contributed by atoms with Crippen molar-refractivity contribution < 1.29 is 4.74 Å². The van der Waals surface area contributed by atoms with Crippen molar-refractivity contribution in [2.24, 2.45) is 0 Å². The summed E-state index contributed by atoms with van der Waals surface area (Å²) in [4.78, 5) is 0. The summed E-state index contributed by atoms with van der Waals surface area (Å²) in [5, 5.41) is 0. The topological polar surface area (TPSA) is 35.2 Å². The second-order valence-electron chi connectivity index (χ2n) is 2.74. The summed E-state index contributed by atoms with van der Waals surface area (Å²) >= 11 is 0. The van der Waals surface area contributed by atoms with Crippen molar-refractivity contribution in [3.05, 3.63) is 23.8 Å². The second-order valence-corrected chi connectivity index (χ2v) is 2.74.